The molecule has 5 nitrogen and oxygen atoms in total. The second-order valence-corrected chi connectivity index (χ2v) is 10.1. The number of nitrogens with one attached hydrogen (secondary N) is 2. The van der Waals surface area contributed by atoms with Gasteiger partial charge in [0.05, 0.1) is 18.1 Å². The highest BCUT2D eigenvalue weighted by atomic mass is 127. The van der Waals surface area contributed by atoms with Crippen LogP contribution in [0.2, 0.25) is 0 Å². The van der Waals surface area contributed by atoms with Gasteiger partial charge in [-0.05, 0) is 50.4 Å². The fourth-order valence-electron chi connectivity index (χ4n) is 3.51. The van der Waals surface area contributed by atoms with Crippen molar-refractivity contribution in [3.63, 3.8) is 0 Å². The molecule has 2 fully saturated rings. The van der Waals surface area contributed by atoms with Crippen molar-refractivity contribution in [1.82, 2.24) is 10.6 Å². The molecule has 2 rings (SSSR count). The molecule has 0 aromatic rings. The van der Waals surface area contributed by atoms with E-state index in [-0.39, 0.29) is 29.9 Å². The van der Waals surface area contributed by atoms with Crippen molar-refractivity contribution >= 4 is 39.8 Å². The van der Waals surface area contributed by atoms with Crippen LogP contribution in [-0.2, 0) is 9.84 Å². The van der Waals surface area contributed by atoms with Crippen LogP contribution in [0.3, 0.4) is 0 Å². The van der Waals surface area contributed by atoms with E-state index in [1.54, 1.807) is 0 Å². The lowest BCUT2D eigenvalue weighted by Gasteiger charge is -2.33. The van der Waals surface area contributed by atoms with Gasteiger partial charge in [0.25, 0.3) is 0 Å². The minimum absolute atomic E-state index is 0. The van der Waals surface area contributed by atoms with Crippen LogP contribution < -0.4 is 10.6 Å². The van der Waals surface area contributed by atoms with Gasteiger partial charge >= 0.3 is 0 Å². The summed E-state index contributed by atoms with van der Waals surface area (Å²) in [6, 6.07) is 0.444. The number of halogens is 1. The van der Waals surface area contributed by atoms with Crippen LogP contribution in [0.15, 0.2) is 17.1 Å². The quantitative estimate of drug-likeness (QED) is 0.273. The first kappa shape index (κ1) is 22.7. The average molecular weight is 483 g/mol. The third kappa shape index (κ3) is 7.85. The van der Waals surface area contributed by atoms with Crippen LogP contribution in [0.4, 0.5) is 0 Å². The second kappa shape index (κ2) is 10.1. The van der Waals surface area contributed by atoms with Gasteiger partial charge in [0.15, 0.2) is 15.8 Å². The monoisotopic (exact) mass is 483 g/mol. The van der Waals surface area contributed by atoms with Crippen molar-refractivity contribution in [2.45, 2.75) is 52.5 Å². The summed E-state index contributed by atoms with van der Waals surface area (Å²) in [4.78, 5) is 4.60. The van der Waals surface area contributed by atoms with E-state index < -0.39 is 9.84 Å². The summed E-state index contributed by atoms with van der Waals surface area (Å²) >= 11 is 0. The first-order valence-corrected chi connectivity index (χ1v) is 11.0. The zero-order valence-corrected chi connectivity index (χ0v) is 18.9. The zero-order valence-electron chi connectivity index (χ0n) is 15.8. The van der Waals surface area contributed by atoms with Crippen LogP contribution in [0, 0.1) is 17.8 Å². The molecule has 1 heterocycles. The van der Waals surface area contributed by atoms with E-state index in [4.69, 9.17) is 0 Å². The Bertz CT molecular complexity index is 577. The van der Waals surface area contributed by atoms with E-state index >= 15 is 0 Å². The Morgan fingerprint density at radius 3 is 2.48 bits per heavy atom. The molecule has 0 aromatic heterocycles. The van der Waals surface area contributed by atoms with Crippen molar-refractivity contribution in [3.8, 4) is 0 Å². The summed E-state index contributed by atoms with van der Waals surface area (Å²) in [7, 11) is -2.82. The largest absolute Gasteiger partial charge is 0.356 e. The van der Waals surface area contributed by atoms with Crippen molar-refractivity contribution in [3.05, 3.63) is 12.2 Å². The first-order valence-electron chi connectivity index (χ1n) is 9.15. The second-order valence-electron chi connectivity index (χ2n) is 7.88. The molecule has 2 N–H and O–H groups in total. The minimum atomic E-state index is -2.82. The highest BCUT2D eigenvalue weighted by Gasteiger charge is 2.28. The fraction of sp³-hybridized carbons (Fsp3) is 0.833. The zero-order chi connectivity index (χ0) is 17.7. The molecule has 4 atom stereocenters. The van der Waals surface area contributed by atoms with Gasteiger partial charge in [-0.15, -0.1) is 24.0 Å². The average Bonchev–Trinajstić information content (AvgIpc) is 2.85. The van der Waals surface area contributed by atoms with Crippen LogP contribution in [0.5, 0.6) is 0 Å². The van der Waals surface area contributed by atoms with E-state index in [1.165, 1.54) is 6.42 Å². The van der Waals surface area contributed by atoms with Gasteiger partial charge in [-0.2, -0.15) is 0 Å². The van der Waals surface area contributed by atoms with Crippen molar-refractivity contribution in [2.24, 2.45) is 22.7 Å². The van der Waals surface area contributed by atoms with Crippen LogP contribution >= 0.6 is 24.0 Å². The van der Waals surface area contributed by atoms with Gasteiger partial charge in [-0.1, -0.05) is 26.0 Å². The molecule has 1 saturated carbocycles. The third-order valence-electron chi connectivity index (χ3n) is 5.33. The molecule has 0 bridgehead atoms. The molecule has 1 aliphatic carbocycles. The third-order valence-corrected chi connectivity index (χ3v) is 7.17. The van der Waals surface area contributed by atoms with Gasteiger partial charge in [0.1, 0.15) is 0 Å². The summed E-state index contributed by atoms with van der Waals surface area (Å²) < 4.78 is 23.2. The molecule has 1 aliphatic heterocycles. The van der Waals surface area contributed by atoms with Gasteiger partial charge in [-0.3, -0.25) is 0 Å². The molecule has 2 aliphatic rings. The smallest absolute Gasteiger partial charge is 0.191 e. The molecule has 4 unspecified atom stereocenters. The lowest BCUT2D eigenvalue weighted by Crippen LogP contribution is -2.47. The van der Waals surface area contributed by atoms with E-state index in [0.717, 1.165) is 42.6 Å². The maximum atomic E-state index is 11.6. The molecule has 0 aromatic carbocycles. The summed E-state index contributed by atoms with van der Waals surface area (Å²) in [6.45, 7) is 11.8. The Kier molecular flexibility index (Phi) is 9.21. The van der Waals surface area contributed by atoms with Gasteiger partial charge in [-0.25, -0.2) is 13.4 Å². The maximum absolute atomic E-state index is 11.6. The summed E-state index contributed by atoms with van der Waals surface area (Å²) in [5, 5.41) is 6.92. The number of hydrogen-bond donors (Lipinski definition) is 2. The number of hydrogen-bond acceptors (Lipinski definition) is 3. The minimum Gasteiger partial charge on any atom is -0.356 e. The Balaban J connectivity index is 0.00000312. The number of sulfone groups is 1. The lowest BCUT2D eigenvalue weighted by molar-refractivity contribution is 0.239. The fourth-order valence-corrected chi connectivity index (χ4v) is 5.37. The molecule has 0 amide bonds. The Labute approximate surface area is 170 Å². The molecule has 7 heteroatoms. The molecular formula is C18H34IN3O2S. The lowest BCUT2D eigenvalue weighted by atomic mass is 9.79. The number of guanidine groups is 1. The van der Waals surface area contributed by atoms with Crippen molar-refractivity contribution in [1.29, 1.82) is 0 Å². The molecular weight excluding hydrogens is 449 g/mol. The predicted octanol–water partition coefficient (Wildman–Crippen LogP) is 2.98. The van der Waals surface area contributed by atoms with E-state index in [9.17, 15) is 8.42 Å². The standard InChI is InChI=1S/C18H33N3O2S.HI/c1-13(2)10-19-18(20-11-16-7-8-24(22,23)12-16)21-17-6-5-14(3)15(4)9-17;/h14-17H,1,5-12H2,2-4H3,(H2,19,20,21);1H. The Morgan fingerprint density at radius 2 is 1.92 bits per heavy atom. The molecule has 0 radical (unpaired) electrons. The first-order chi connectivity index (χ1) is 11.2. The normalized spacial score (nSPS) is 31.9. The molecule has 1 saturated heterocycles. The van der Waals surface area contributed by atoms with E-state index in [2.05, 4.69) is 36.1 Å². The number of nitrogens with zero attached hydrogens (tertiary/aromatic N) is 1. The highest BCUT2D eigenvalue weighted by Crippen LogP contribution is 2.29. The molecule has 25 heavy (non-hydrogen) atoms. The van der Waals surface area contributed by atoms with E-state index in [0.29, 0.717) is 30.6 Å². The van der Waals surface area contributed by atoms with Gasteiger partial charge in [0.2, 0.25) is 0 Å². The van der Waals surface area contributed by atoms with Gasteiger partial charge in [0, 0.05) is 12.6 Å². The summed E-state index contributed by atoms with van der Waals surface area (Å²) in [5.74, 6) is 3.12. The summed E-state index contributed by atoms with van der Waals surface area (Å²) in [6.07, 6.45) is 4.32. The van der Waals surface area contributed by atoms with Gasteiger partial charge < -0.3 is 10.6 Å². The number of aliphatic imine (C=N–C) groups is 1. The predicted molar refractivity (Wildman–Crippen MR) is 116 cm³/mol. The van der Waals surface area contributed by atoms with Crippen LogP contribution in [-0.4, -0.2) is 45.0 Å². The SMILES string of the molecule is C=C(C)CN=C(NCC1CCS(=O)(=O)C1)NC1CCC(C)C(C)C1.I. The Morgan fingerprint density at radius 1 is 1.20 bits per heavy atom. The maximum Gasteiger partial charge on any atom is 0.191 e. The van der Waals surface area contributed by atoms with Crippen LogP contribution in [0.1, 0.15) is 46.5 Å². The number of rotatable bonds is 5. The van der Waals surface area contributed by atoms with E-state index in [1.807, 2.05) is 6.92 Å². The van der Waals surface area contributed by atoms with Crippen LogP contribution in [0.25, 0.3) is 0 Å². The molecule has 146 valence electrons. The Hall–Kier alpha value is -0.310. The van der Waals surface area contributed by atoms with Crippen molar-refractivity contribution < 1.29 is 8.42 Å². The summed E-state index contributed by atoms with van der Waals surface area (Å²) in [5.41, 5.74) is 1.02. The molecule has 0 spiro atoms. The topological polar surface area (TPSA) is 70.6 Å². The van der Waals surface area contributed by atoms with Crippen molar-refractivity contribution in [2.75, 3.05) is 24.6 Å². The highest BCUT2D eigenvalue weighted by molar-refractivity contribution is 14.0.